The van der Waals surface area contributed by atoms with Gasteiger partial charge in [-0.2, -0.15) is 0 Å². The molecule has 1 heterocycles. The second kappa shape index (κ2) is 2.26. The van der Waals surface area contributed by atoms with Crippen molar-refractivity contribution >= 4 is 5.69 Å². The third-order valence-corrected chi connectivity index (χ3v) is 2.56. The summed E-state index contributed by atoms with van der Waals surface area (Å²) in [5.74, 6) is 0. The molecule has 58 valence electrons. The van der Waals surface area contributed by atoms with Crippen LogP contribution < -0.4 is 5.32 Å². The van der Waals surface area contributed by atoms with Crippen molar-refractivity contribution in [3.63, 3.8) is 0 Å². The van der Waals surface area contributed by atoms with Gasteiger partial charge in [0.1, 0.15) is 0 Å². The molecule has 0 saturated carbocycles. The van der Waals surface area contributed by atoms with Gasteiger partial charge in [-0.05, 0) is 43.0 Å². The molecule has 0 saturated heterocycles. The van der Waals surface area contributed by atoms with E-state index >= 15 is 0 Å². The summed E-state index contributed by atoms with van der Waals surface area (Å²) in [5, 5.41) is 3.37. The Labute approximate surface area is 67.4 Å². The SMILES string of the molecule is Cc1ccc2c(c1C)CCN2. The highest BCUT2D eigenvalue weighted by molar-refractivity contribution is 5.60. The van der Waals surface area contributed by atoms with Gasteiger partial charge in [-0.1, -0.05) is 6.07 Å². The van der Waals surface area contributed by atoms with Gasteiger partial charge < -0.3 is 5.32 Å². The Morgan fingerprint density at radius 1 is 1.27 bits per heavy atom. The molecule has 0 spiro atoms. The zero-order valence-corrected chi connectivity index (χ0v) is 7.07. The summed E-state index contributed by atoms with van der Waals surface area (Å²) < 4.78 is 0. The van der Waals surface area contributed by atoms with Gasteiger partial charge in [0.25, 0.3) is 0 Å². The maximum Gasteiger partial charge on any atom is 0.0376 e. The molecule has 1 nitrogen and oxygen atoms in total. The number of anilines is 1. The topological polar surface area (TPSA) is 12.0 Å². The van der Waals surface area contributed by atoms with E-state index in [1.807, 2.05) is 0 Å². The van der Waals surface area contributed by atoms with Crippen LogP contribution in [0.5, 0.6) is 0 Å². The quantitative estimate of drug-likeness (QED) is 0.593. The van der Waals surface area contributed by atoms with E-state index < -0.39 is 0 Å². The molecule has 11 heavy (non-hydrogen) atoms. The van der Waals surface area contributed by atoms with E-state index in [9.17, 15) is 0 Å². The Morgan fingerprint density at radius 3 is 2.91 bits per heavy atom. The van der Waals surface area contributed by atoms with E-state index in [0.717, 1.165) is 6.54 Å². The van der Waals surface area contributed by atoms with Crippen molar-refractivity contribution in [2.75, 3.05) is 11.9 Å². The summed E-state index contributed by atoms with van der Waals surface area (Å²) >= 11 is 0. The van der Waals surface area contributed by atoms with Crippen LogP contribution in [-0.2, 0) is 6.42 Å². The van der Waals surface area contributed by atoms with Crippen LogP contribution in [0.1, 0.15) is 16.7 Å². The lowest BCUT2D eigenvalue weighted by molar-refractivity contribution is 1.08. The van der Waals surface area contributed by atoms with Crippen LogP contribution in [0.3, 0.4) is 0 Å². The van der Waals surface area contributed by atoms with Crippen molar-refractivity contribution in [3.8, 4) is 0 Å². The minimum Gasteiger partial charge on any atom is -0.384 e. The summed E-state index contributed by atoms with van der Waals surface area (Å²) in [6, 6.07) is 4.37. The first-order chi connectivity index (χ1) is 5.29. The van der Waals surface area contributed by atoms with Crippen LogP contribution in [0.4, 0.5) is 5.69 Å². The van der Waals surface area contributed by atoms with E-state index in [4.69, 9.17) is 0 Å². The van der Waals surface area contributed by atoms with Crippen LogP contribution in [0.25, 0.3) is 0 Å². The fourth-order valence-electron chi connectivity index (χ4n) is 1.68. The lowest BCUT2D eigenvalue weighted by Crippen LogP contribution is -1.90. The van der Waals surface area contributed by atoms with Gasteiger partial charge in [-0.25, -0.2) is 0 Å². The van der Waals surface area contributed by atoms with Gasteiger partial charge in [0.2, 0.25) is 0 Å². The van der Waals surface area contributed by atoms with Crippen LogP contribution >= 0.6 is 0 Å². The summed E-state index contributed by atoms with van der Waals surface area (Å²) in [6.45, 7) is 5.49. The highest BCUT2D eigenvalue weighted by atomic mass is 14.9. The molecule has 0 fully saturated rings. The van der Waals surface area contributed by atoms with Crippen LogP contribution in [0.2, 0.25) is 0 Å². The standard InChI is InChI=1S/C10H13N/c1-7-3-4-10-9(8(7)2)5-6-11-10/h3-4,11H,5-6H2,1-2H3. The van der Waals surface area contributed by atoms with Gasteiger partial charge in [0, 0.05) is 12.2 Å². The van der Waals surface area contributed by atoms with Gasteiger partial charge in [-0.3, -0.25) is 0 Å². The average molecular weight is 147 g/mol. The van der Waals surface area contributed by atoms with E-state index in [0.29, 0.717) is 0 Å². The maximum atomic E-state index is 3.37. The summed E-state index contributed by atoms with van der Waals surface area (Å²) in [6.07, 6.45) is 1.20. The number of hydrogen-bond acceptors (Lipinski definition) is 1. The molecule has 0 aliphatic carbocycles. The van der Waals surface area contributed by atoms with Crippen LogP contribution in [-0.4, -0.2) is 6.54 Å². The molecule has 0 atom stereocenters. The molecular formula is C10H13N. The molecule has 0 radical (unpaired) electrons. The fourth-order valence-corrected chi connectivity index (χ4v) is 1.68. The van der Waals surface area contributed by atoms with Crippen molar-refractivity contribution in [2.45, 2.75) is 20.3 Å². The lowest BCUT2D eigenvalue weighted by atomic mass is 10.0. The minimum absolute atomic E-state index is 1.11. The van der Waals surface area contributed by atoms with E-state index in [1.165, 1.54) is 28.8 Å². The molecule has 1 aliphatic heterocycles. The number of rotatable bonds is 0. The van der Waals surface area contributed by atoms with E-state index in [2.05, 4.69) is 31.3 Å². The molecule has 0 amide bonds. The summed E-state index contributed by atoms with van der Waals surface area (Å²) in [4.78, 5) is 0. The summed E-state index contributed by atoms with van der Waals surface area (Å²) in [5.41, 5.74) is 5.73. The molecule has 2 rings (SSSR count). The summed E-state index contributed by atoms with van der Waals surface area (Å²) in [7, 11) is 0. The van der Waals surface area contributed by atoms with Crippen LogP contribution in [0, 0.1) is 13.8 Å². The van der Waals surface area contributed by atoms with Gasteiger partial charge in [0.15, 0.2) is 0 Å². The Balaban J connectivity index is 2.62. The van der Waals surface area contributed by atoms with Crippen molar-refractivity contribution in [3.05, 3.63) is 28.8 Å². The first-order valence-corrected chi connectivity index (χ1v) is 4.12. The molecule has 1 aromatic carbocycles. The predicted molar refractivity (Wildman–Crippen MR) is 48.1 cm³/mol. The van der Waals surface area contributed by atoms with Crippen molar-refractivity contribution in [1.29, 1.82) is 0 Å². The Hall–Kier alpha value is -0.980. The van der Waals surface area contributed by atoms with E-state index in [-0.39, 0.29) is 0 Å². The largest absolute Gasteiger partial charge is 0.384 e. The second-order valence-corrected chi connectivity index (χ2v) is 3.21. The van der Waals surface area contributed by atoms with Crippen molar-refractivity contribution in [1.82, 2.24) is 0 Å². The highest BCUT2D eigenvalue weighted by Crippen LogP contribution is 2.26. The second-order valence-electron chi connectivity index (χ2n) is 3.21. The first-order valence-electron chi connectivity index (χ1n) is 4.12. The molecule has 0 unspecified atom stereocenters. The Bertz CT molecular complexity index is 289. The van der Waals surface area contributed by atoms with Gasteiger partial charge >= 0.3 is 0 Å². The molecule has 0 bridgehead atoms. The highest BCUT2D eigenvalue weighted by Gasteiger charge is 2.12. The van der Waals surface area contributed by atoms with Gasteiger partial charge in [-0.15, -0.1) is 0 Å². The third kappa shape index (κ3) is 0.917. The number of fused-ring (bicyclic) bond motifs is 1. The zero-order valence-electron chi connectivity index (χ0n) is 7.07. The zero-order chi connectivity index (χ0) is 7.84. The van der Waals surface area contributed by atoms with Gasteiger partial charge in [0.05, 0.1) is 0 Å². The molecule has 0 aromatic heterocycles. The average Bonchev–Trinajstić information content (AvgIpc) is 2.45. The number of benzene rings is 1. The van der Waals surface area contributed by atoms with Crippen molar-refractivity contribution < 1.29 is 0 Å². The molecule has 1 aliphatic rings. The Kier molecular flexibility index (Phi) is 1.38. The normalized spacial score (nSPS) is 14.4. The predicted octanol–water partition coefficient (Wildman–Crippen LogP) is 2.27. The van der Waals surface area contributed by atoms with E-state index in [1.54, 1.807) is 0 Å². The van der Waals surface area contributed by atoms with Crippen LogP contribution in [0.15, 0.2) is 12.1 Å². The smallest absolute Gasteiger partial charge is 0.0376 e. The Morgan fingerprint density at radius 2 is 2.09 bits per heavy atom. The van der Waals surface area contributed by atoms with Crippen molar-refractivity contribution in [2.24, 2.45) is 0 Å². The number of aryl methyl sites for hydroxylation is 1. The minimum atomic E-state index is 1.11. The first kappa shape index (κ1) is 6.71. The third-order valence-electron chi connectivity index (χ3n) is 2.56. The molecule has 1 N–H and O–H groups in total. The number of nitrogens with one attached hydrogen (secondary N) is 1. The monoisotopic (exact) mass is 147 g/mol. The molecule has 1 heteroatoms. The fraction of sp³-hybridized carbons (Fsp3) is 0.400. The molecule has 1 aromatic rings. The maximum absolute atomic E-state index is 3.37. The molecular weight excluding hydrogens is 134 g/mol. The lowest BCUT2D eigenvalue weighted by Gasteiger charge is -2.05. The number of hydrogen-bond donors (Lipinski definition) is 1.